The number of aliphatic hydroxyl groups is 1. The first-order valence-electron chi connectivity index (χ1n) is 5.17. The van der Waals surface area contributed by atoms with Gasteiger partial charge in [-0.1, -0.05) is 53.6 Å². The summed E-state index contributed by atoms with van der Waals surface area (Å²) in [6, 6.07) is 15.1. The van der Waals surface area contributed by atoms with Crippen molar-refractivity contribution in [1.29, 1.82) is 0 Å². The van der Waals surface area contributed by atoms with Crippen molar-refractivity contribution in [2.45, 2.75) is 13.0 Å². The zero-order valence-electron chi connectivity index (χ0n) is 9.02. The van der Waals surface area contributed by atoms with E-state index in [2.05, 4.69) is 0 Å². The van der Waals surface area contributed by atoms with E-state index >= 15 is 0 Å². The SMILES string of the molecule is Cc1ccc([C@H](O)c2cccc(Cl)c2)cc1. The summed E-state index contributed by atoms with van der Waals surface area (Å²) in [7, 11) is 0. The molecule has 82 valence electrons. The summed E-state index contributed by atoms with van der Waals surface area (Å²) >= 11 is 5.89. The minimum atomic E-state index is -0.612. The van der Waals surface area contributed by atoms with Crippen LogP contribution in [0.2, 0.25) is 5.02 Å². The van der Waals surface area contributed by atoms with Gasteiger partial charge < -0.3 is 5.11 Å². The molecule has 0 spiro atoms. The van der Waals surface area contributed by atoms with Gasteiger partial charge in [0.05, 0.1) is 0 Å². The molecule has 0 unspecified atom stereocenters. The summed E-state index contributed by atoms with van der Waals surface area (Å²) < 4.78 is 0. The Morgan fingerprint density at radius 3 is 2.31 bits per heavy atom. The van der Waals surface area contributed by atoms with Crippen molar-refractivity contribution >= 4 is 11.6 Å². The van der Waals surface area contributed by atoms with E-state index < -0.39 is 6.10 Å². The molecular weight excluding hydrogens is 220 g/mol. The molecule has 2 aromatic carbocycles. The first kappa shape index (κ1) is 11.2. The van der Waals surface area contributed by atoms with Gasteiger partial charge in [0, 0.05) is 5.02 Å². The maximum Gasteiger partial charge on any atom is 0.104 e. The van der Waals surface area contributed by atoms with Crippen molar-refractivity contribution < 1.29 is 5.11 Å². The number of hydrogen-bond acceptors (Lipinski definition) is 1. The highest BCUT2D eigenvalue weighted by atomic mass is 35.5. The van der Waals surface area contributed by atoms with Crippen LogP contribution in [0.3, 0.4) is 0 Å². The molecule has 0 amide bonds. The summed E-state index contributed by atoms with van der Waals surface area (Å²) in [4.78, 5) is 0. The van der Waals surface area contributed by atoms with Gasteiger partial charge in [-0.15, -0.1) is 0 Å². The van der Waals surface area contributed by atoms with Crippen molar-refractivity contribution in [3.05, 3.63) is 70.2 Å². The summed E-state index contributed by atoms with van der Waals surface area (Å²) in [6.45, 7) is 2.02. The normalized spacial score (nSPS) is 12.4. The number of benzene rings is 2. The minimum absolute atomic E-state index is 0.612. The van der Waals surface area contributed by atoms with Gasteiger partial charge in [0.15, 0.2) is 0 Å². The molecule has 0 saturated carbocycles. The van der Waals surface area contributed by atoms with Crippen molar-refractivity contribution in [3.63, 3.8) is 0 Å². The second-order valence-electron chi connectivity index (χ2n) is 3.87. The first-order valence-corrected chi connectivity index (χ1v) is 5.55. The number of aryl methyl sites for hydroxylation is 1. The highest BCUT2D eigenvalue weighted by Crippen LogP contribution is 2.24. The van der Waals surface area contributed by atoms with E-state index in [1.54, 1.807) is 12.1 Å². The molecular formula is C14H13ClO. The molecule has 2 rings (SSSR count). The number of hydrogen-bond donors (Lipinski definition) is 1. The lowest BCUT2D eigenvalue weighted by molar-refractivity contribution is 0.220. The van der Waals surface area contributed by atoms with Gasteiger partial charge in [-0.2, -0.15) is 0 Å². The predicted molar refractivity (Wildman–Crippen MR) is 66.7 cm³/mol. The Bertz CT molecular complexity index is 476. The molecule has 1 N–H and O–H groups in total. The molecule has 2 aromatic rings. The Morgan fingerprint density at radius 1 is 1.00 bits per heavy atom. The number of rotatable bonds is 2. The monoisotopic (exact) mass is 232 g/mol. The van der Waals surface area contributed by atoms with Crippen LogP contribution in [0, 0.1) is 6.92 Å². The molecule has 0 radical (unpaired) electrons. The predicted octanol–water partition coefficient (Wildman–Crippen LogP) is 3.73. The van der Waals surface area contributed by atoms with Crippen LogP contribution in [0.5, 0.6) is 0 Å². The van der Waals surface area contributed by atoms with Crippen LogP contribution < -0.4 is 0 Å². The Morgan fingerprint density at radius 2 is 1.69 bits per heavy atom. The highest BCUT2D eigenvalue weighted by Gasteiger charge is 2.09. The van der Waals surface area contributed by atoms with Crippen LogP contribution in [0.1, 0.15) is 22.8 Å². The van der Waals surface area contributed by atoms with Crippen LogP contribution in [-0.2, 0) is 0 Å². The molecule has 0 heterocycles. The number of halogens is 1. The molecule has 16 heavy (non-hydrogen) atoms. The lowest BCUT2D eigenvalue weighted by Crippen LogP contribution is -1.99. The van der Waals surface area contributed by atoms with Crippen LogP contribution >= 0.6 is 11.6 Å². The molecule has 0 bridgehead atoms. The molecule has 0 aliphatic rings. The average Bonchev–Trinajstić information content (AvgIpc) is 2.29. The highest BCUT2D eigenvalue weighted by molar-refractivity contribution is 6.30. The Kier molecular flexibility index (Phi) is 3.28. The zero-order chi connectivity index (χ0) is 11.5. The van der Waals surface area contributed by atoms with Gasteiger partial charge in [0.25, 0.3) is 0 Å². The first-order chi connectivity index (χ1) is 7.66. The largest absolute Gasteiger partial charge is 0.384 e. The van der Waals surface area contributed by atoms with Crippen molar-refractivity contribution in [3.8, 4) is 0 Å². The Hall–Kier alpha value is -1.31. The summed E-state index contributed by atoms with van der Waals surface area (Å²) in [5.74, 6) is 0. The Labute approximate surface area is 100 Å². The van der Waals surface area contributed by atoms with E-state index in [0.29, 0.717) is 5.02 Å². The fraction of sp³-hybridized carbons (Fsp3) is 0.143. The molecule has 0 aliphatic heterocycles. The van der Waals surface area contributed by atoms with Gasteiger partial charge in [-0.3, -0.25) is 0 Å². The van der Waals surface area contributed by atoms with Crippen molar-refractivity contribution in [2.24, 2.45) is 0 Å². The van der Waals surface area contributed by atoms with Crippen LogP contribution in [0.25, 0.3) is 0 Å². The molecule has 0 saturated heterocycles. The van der Waals surface area contributed by atoms with Crippen LogP contribution in [-0.4, -0.2) is 5.11 Å². The van der Waals surface area contributed by atoms with E-state index in [9.17, 15) is 5.11 Å². The van der Waals surface area contributed by atoms with Gasteiger partial charge in [-0.05, 0) is 30.2 Å². The molecule has 0 aromatic heterocycles. The lowest BCUT2D eigenvalue weighted by atomic mass is 10.0. The second kappa shape index (κ2) is 4.69. The molecule has 2 heteroatoms. The molecule has 1 nitrogen and oxygen atoms in total. The fourth-order valence-corrected chi connectivity index (χ4v) is 1.82. The topological polar surface area (TPSA) is 20.2 Å². The molecule has 0 aliphatic carbocycles. The average molecular weight is 233 g/mol. The third-order valence-electron chi connectivity index (χ3n) is 2.56. The Balaban J connectivity index is 2.31. The van der Waals surface area contributed by atoms with E-state index in [0.717, 1.165) is 11.1 Å². The van der Waals surface area contributed by atoms with E-state index in [-0.39, 0.29) is 0 Å². The van der Waals surface area contributed by atoms with Crippen molar-refractivity contribution in [1.82, 2.24) is 0 Å². The van der Waals surface area contributed by atoms with Crippen molar-refractivity contribution in [2.75, 3.05) is 0 Å². The van der Waals surface area contributed by atoms with Gasteiger partial charge in [0.2, 0.25) is 0 Å². The second-order valence-corrected chi connectivity index (χ2v) is 4.30. The molecule has 0 fully saturated rings. The quantitative estimate of drug-likeness (QED) is 0.837. The third-order valence-corrected chi connectivity index (χ3v) is 2.79. The van der Waals surface area contributed by atoms with Crippen LogP contribution in [0.4, 0.5) is 0 Å². The summed E-state index contributed by atoms with van der Waals surface area (Å²) in [5, 5.41) is 10.8. The van der Waals surface area contributed by atoms with E-state index in [1.165, 1.54) is 5.56 Å². The standard InChI is InChI=1S/C14H13ClO/c1-10-5-7-11(8-6-10)14(16)12-3-2-4-13(15)9-12/h2-9,14,16H,1H3/t14-/m0/s1. The minimum Gasteiger partial charge on any atom is -0.384 e. The van der Waals surface area contributed by atoms with E-state index in [1.807, 2.05) is 43.3 Å². The third kappa shape index (κ3) is 2.43. The zero-order valence-corrected chi connectivity index (χ0v) is 9.78. The van der Waals surface area contributed by atoms with Gasteiger partial charge >= 0.3 is 0 Å². The fourth-order valence-electron chi connectivity index (χ4n) is 1.62. The summed E-state index contributed by atoms with van der Waals surface area (Å²) in [6.07, 6.45) is -0.612. The van der Waals surface area contributed by atoms with Gasteiger partial charge in [0.1, 0.15) is 6.10 Å². The maximum absolute atomic E-state index is 10.1. The molecule has 1 atom stereocenters. The van der Waals surface area contributed by atoms with Crippen LogP contribution in [0.15, 0.2) is 48.5 Å². The smallest absolute Gasteiger partial charge is 0.104 e. The van der Waals surface area contributed by atoms with E-state index in [4.69, 9.17) is 11.6 Å². The maximum atomic E-state index is 10.1. The summed E-state index contributed by atoms with van der Waals surface area (Å²) in [5.41, 5.74) is 2.88. The number of aliphatic hydroxyl groups excluding tert-OH is 1. The lowest BCUT2D eigenvalue weighted by Gasteiger charge is -2.11. The van der Waals surface area contributed by atoms with Gasteiger partial charge in [-0.25, -0.2) is 0 Å².